The molecule has 2 N–H and O–H groups in total. The number of nitrogens with one attached hydrogen (secondary N) is 2. The van der Waals surface area contributed by atoms with Crippen molar-refractivity contribution >= 4 is 23.2 Å². The van der Waals surface area contributed by atoms with Gasteiger partial charge in [0.15, 0.2) is 0 Å². The van der Waals surface area contributed by atoms with Crippen LogP contribution in [0.25, 0.3) is 0 Å². The number of carbonyl (C=O) groups excluding carboxylic acids is 1. The molecule has 1 atom stereocenters. The number of hydrogen-bond acceptors (Lipinski definition) is 3. The smallest absolute Gasteiger partial charge is 0.238 e. The summed E-state index contributed by atoms with van der Waals surface area (Å²) in [6, 6.07) is 7.33. The van der Waals surface area contributed by atoms with Gasteiger partial charge in [-0.3, -0.25) is 10.1 Å². The number of carbonyl (C=O) groups is 1. The van der Waals surface area contributed by atoms with Crippen LogP contribution < -0.4 is 10.6 Å². The Bertz CT molecular complexity index is 587. The second kappa shape index (κ2) is 6.54. The fraction of sp³-hybridized carbons (Fsp3) is 0.214. The Hall–Kier alpha value is -1.85. The van der Waals surface area contributed by atoms with Crippen LogP contribution in [0.5, 0.6) is 0 Å². The second-order valence-electron chi connectivity index (χ2n) is 4.29. The molecule has 6 heteroatoms. The number of hydrogen-bond donors (Lipinski definition) is 2. The average molecular weight is 297 g/mol. The van der Waals surface area contributed by atoms with E-state index in [0.717, 1.165) is 11.8 Å². The fourth-order valence-electron chi connectivity index (χ4n) is 1.67. The molecule has 4 nitrogen and oxygen atoms in total. The van der Waals surface area contributed by atoms with Gasteiger partial charge in [0.2, 0.25) is 5.91 Å². The van der Waals surface area contributed by atoms with Gasteiger partial charge in [-0.25, -0.2) is 4.39 Å². The summed E-state index contributed by atoms with van der Waals surface area (Å²) in [6.07, 6.45) is 1.58. The van der Waals surface area contributed by atoms with Crippen LogP contribution in [0, 0.1) is 5.82 Å². The van der Waals surface area contributed by atoms with Crippen LogP contribution in [0.4, 0.5) is 10.1 Å². The Morgan fingerprint density at radius 1 is 1.45 bits per heavy atom. The van der Waals surface area contributed by atoms with Gasteiger partial charge >= 0.3 is 0 Å². The van der Waals surface area contributed by atoms with Crippen LogP contribution in [0.15, 0.2) is 41.0 Å². The predicted molar refractivity (Wildman–Crippen MR) is 75.2 cm³/mol. The minimum atomic E-state index is -0.447. The molecule has 1 aromatic heterocycles. The maximum absolute atomic E-state index is 12.9. The first-order valence-electron chi connectivity index (χ1n) is 6.08. The molecule has 2 rings (SSSR count). The molecular formula is C14H14ClFN2O2. The van der Waals surface area contributed by atoms with Crippen molar-refractivity contribution in [1.29, 1.82) is 0 Å². The summed E-state index contributed by atoms with van der Waals surface area (Å²) in [5.41, 5.74) is 0.380. The molecule has 1 aromatic carbocycles. The predicted octanol–water partition coefficient (Wildman–Crippen LogP) is 3.36. The monoisotopic (exact) mass is 296 g/mol. The van der Waals surface area contributed by atoms with Gasteiger partial charge < -0.3 is 9.73 Å². The summed E-state index contributed by atoms with van der Waals surface area (Å²) >= 11 is 5.83. The van der Waals surface area contributed by atoms with Crippen LogP contribution in [-0.4, -0.2) is 12.5 Å². The number of amides is 1. The topological polar surface area (TPSA) is 54.3 Å². The normalized spacial score (nSPS) is 12.2. The van der Waals surface area contributed by atoms with E-state index in [1.165, 1.54) is 12.1 Å². The standard InChI is InChI=1S/C14H14ClFN2O2/c1-9(13-3-2-6-20-13)17-8-14(19)18-12-5-4-10(16)7-11(12)15/h2-7,9,17H,8H2,1H3,(H,18,19)/t9-/m1/s1. The van der Waals surface area contributed by atoms with E-state index in [2.05, 4.69) is 10.6 Å². The Morgan fingerprint density at radius 2 is 2.25 bits per heavy atom. The molecule has 0 spiro atoms. The summed E-state index contributed by atoms with van der Waals surface area (Å²) in [6.45, 7) is 1.98. The number of halogens is 2. The van der Waals surface area contributed by atoms with E-state index in [1.807, 2.05) is 13.0 Å². The molecule has 1 amide bonds. The average Bonchev–Trinajstić information content (AvgIpc) is 2.93. The van der Waals surface area contributed by atoms with E-state index < -0.39 is 5.82 Å². The van der Waals surface area contributed by atoms with Crippen molar-refractivity contribution in [2.45, 2.75) is 13.0 Å². The van der Waals surface area contributed by atoms with Crippen LogP contribution in [0.1, 0.15) is 18.7 Å². The molecule has 0 bridgehead atoms. The van der Waals surface area contributed by atoms with Gasteiger partial charge in [0.25, 0.3) is 0 Å². The van der Waals surface area contributed by atoms with Gasteiger partial charge in [-0.05, 0) is 37.3 Å². The number of rotatable bonds is 5. The largest absolute Gasteiger partial charge is 0.468 e. The minimum Gasteiger partial charge on any atom is -0.468 e. The van der Waals surface area contributed by atoms with Gasteiger partial charge in [-0.15, -0.1) is 0 Å². The molecule has 0 saturated carbocycles. The molecule has 0 aliphatic heterocycles. The zero-order chi connectivity index (χ0) is 14.5. The summed E-state index contributed by atoms with van der Waals surface area (Å²) in [5.74, 6) is 0.0343. The molecule has 0 fully saturated rings. The van der Waals surface area contributed by atoms with Crippen LogP contribution in [-0.2, 0) is 4.79 Å². The zero-order valence-electron chi connectivity index (χ0n) is 10.8. The maximum Gasteiger partial charge on any atom is 0.238 e. The molecule has 0 saturated heterocycles. The van der Waals surface area contributed by atoms with Crippen LogP contribution >= 0.6 is 11.6 Å². The summed E-state index contributed by atoms with van der Waals surface area (Å²) < 4.78 is 18.1. The minimum absolute atomic E-state index is 0.0839. The molecule has 1 heterocycles. The number of anilines is 1. The van der Waals surface area contributed by atoms with Gasteiger partial charge in [-0.2, -0.15) is 0 Å². The SMILES string of the molecule is C[C@@H](NCC(=O)Nc1ccc(F)cc1Cl)c1ccco1. The highest BCUT2D eigenvalue weighted by atomic mass is 35.5. The molecular weight excluding hydrogens is 283 g/mol. The Morgan fingerprint density at radius 3 is 2.90 bits per heavy atom. The zero-order valence-corrected chi connectivity index (χ0v) is 11.6. The highest BCUT2D eigenvalue weighted by molar-refractivity contribution is 6.33. The van der Waals surface area contributed by atoms with Crippen molar-refractivity contribution in [2.75, 3.05) is 11.9 Å². The molecule has 0 aliphatic rings. The molecule has 0 unspecified atom stereocenters. The van der Waals surface area contributed by atoms with Crippen molar-refractivity contribution in [3.8, 4) is 0 Å². The van der Waals surface area contributed by atoms with Crippen molar-refractivity contribution in [3.05, 3.63) is 53.2 Å². The first-order valence-corrected chi connectivity index (χ1v) is 6.46. The fourth-order valence-corrected chi connectivity index (χ4v) is 1.88. The van der Waals surface area contributed by atoms with E-state index in [9.17, 15) is 9.18 Å². The lowest BCUT2D eigenvalue weighted by Crippen LogP contribution is -2.30. The van der Waals surface area contributed by atoms with Gasteiger partial charge in [0, 0.05) is 0 Å². The van der Waals surface area contributed by atoms with E-state index >= 15 is 0 Å². The van der Waals surface area contributed by atoms with E-state index in [0.29, 0.717) is 5.69 Å². The third-order valence-corrected chi connectivity index (χ3v) is 3.06. The third-order valence-electron chi connectivity index (χ3n) is 2.74. The van der Waals surface area contributed by atoms with Crippen molar-refractivity contribution < 1.29 is 13.6 Å². The third kappa shape index (κ3) is 3.82. The van der Waals surface area contributed by atoms with Gasteiger partial charge in [0.05, 0.1) is 29.6 Å². The number of furan rings is 1. The maximum atomic E-state index is 12.9. The van der Waals surface area contributed by atoms with E-state index in [4.69, 9.17) is 16.0 Å². The quantitative estimate of drug-likeness (QED) is 0.889. The molecule has 0 radical (unpaired) electrons. The first kappa shape index (κ1) is 14.6. The highest BCUT2D eigenvalue weighted by Crippen LogP contribution is 2.22. The molecule has 0 aliphatic carbocycles. The summed E-state index contributed by atoms with van der Waals surface area (Å²) in [7, 11) is 0. The first-order chi connectivity index (χ1) is 9.56. The second-order valence-corrected chi connectivity index (χ2v) is 4.70. The highest BCUT2D eigenvalue weighted by Gasteiger charge is 2.11. The lowest BCUT2D eigenvalue weighted by atomic mass is 10.2. The Balaban J connectivity index is 1.86. The Kier molecular flexibility index (Phi) is 4.76. The number of benzene rings is 1. The summed E-state index contributed by atoms with van der Waals surface area (Å²) in [5, 5.41) is 5.78. The summed E-state index contributed by atoms with van der Waals surface area (Å²) in [4.78, 5) is 11.8. The molecule has 2 aromatic rings. The van der Waals surface area contributed by atoms with Crippen molar-refractivity contribution in [2.24, 2.45) is 0 Å². The Labute approximate surface area is 120 Å². The van der Waals surface area contributed by atoms with Gasteiger partial charge in [0.1, 0.15) is 11.6 Å². The lowest BCUT2D eigenvalue weighted by molar-refractivity contribution is -0.115. The molecule has 106 valence electrons. The van der Waals surface area contributed by atoms with Gasteiger partial charge in [-0.1, -0.05) is 11.6 Å². The lowest BCUT2D eigenvalue weighted by Gasteiger charge is -2.12. The van der Waals surface area contributed by atoms with Crippen LogP contribution in [0.3, 0.4) is 0 Å². The van der Waals surface area contributed by atoms with Crippen molar-refractivity contribution in [1.82, 2.24) is 5.32 Å². The van der Waals surface area contributed by atoms with Crippen LogP contribution in [0.2, 0.25) is 5.02 Å². The molecule has 20 heavy (non-hydrogen) atoms. The van der Waals surface area contributed by atoms with E-state index in [1.54, 1.807) is 12.3 Å². The van der Waals surface area contributed by atoms with Crippen molar-refractivity contribution in [3.63, 3.8) is 0 Å². The van der Waals surface area contributed by atoms with E-state index in [-0.39, 0.29) is 23.5 Å².